The molecule has 0 fully saturated rings. The zero-order valence-corrected chi connectivity index (χ0v) is 12.7. The Labute approximate surface area is 115 Å². The second-order valence-corrected chi connectivity index (χ2v) is 6.61. The number of hydrogen-bond acceptors (Lipinski definition) is 4. The maximum absolute atomic E-state index is 12.2. The van der Waals surface area contributed by atoms with Crippen LogP contribution in [0.5, 0.6) is 0 Å². The van der Waals surface area contributed by atoms with Crippen LogP contribution in [0.15, 0.2) is 29.2 Å². The average molecular weight is 286 g/mol. The number of benzene rings is 1. The van der Waals surface area contributed by atoms with Gasteiger partial charge in [-0.25, -0.2) is 12.7 Å². The quantitative estimate of drug-likeness (QED) is 0.830. The zero-order valence-electron chi connectivity index (χ0n) is 11.9. The van der Waals surface area contributed by atoms with E-state index < -0.39 is 10.0 Å². The number of sulfonamides is 1. The minimum Gasteiger partial charge on any atom is -0.380 e. The van der Waals surface area contributed by atoms with Gasteiger partial charge >= 0.3 is 0 Å². The van der Waals surface area contributed by atoms with Crippen molar-refractivity contribution in [1.82, 2.24) is 4.31 Å². The highest BCUT2D eigenvalue weighted by Crippen LogP contribution is 2.23. The molecule has 0 bridgehead atoms. The van der Waals surface area contributed by atoms with Gasteiger partial charge in [0.25, 0.3) is 0 Å². The van der Waals surface area contributed by atoms with Gasteiger partial charge in [0.2, 0.25) is 10.0 Å². The molecule has 0 amide bonds. The van der Waals surface area contributed by atoms with E-state index in [2.05, 4.69) is 5.32 Å². The first-order valence-electron chi connectivity index (χ1n) is 6.25. The van der Waals surface area contributed by atoms with Gasteiger partial charge in [0.1, 0.15) is 4.90 Å². The Balaban J connectivity index is 2.97. The van der Waals surface area contributed by atoms with Gasteiger partial charge in [0.15, 0.2) is 0 Å². The van der Waals surface area contributed by atoms with E-state index in [1.165, 1.54) is 18.4 Å². The summed E-state index contributed by atoms with van der Waals surface area (Å²) in [6.07, 6.45) is 0. The molecule has 0 saturated carbocycles. The van der Waals surface area contributed by atoms with Crippen LogP contribution in [0.1, 0.15) is 13.8 Å². The molecule has 6 heteroatoms. The fraction of sp³-hybridized carbons (Fsp3) is 0.538. The Bertz CT molecular complexity index is 500. The summed E-state index contributed by atoms with van der Waals surface area (Å²) in [6, 6.07) is 6.93. The Morgan fingerprint density at radius 1 is 1.32 bits per heavy atom. The molecule has 5 nitrogen and oxygen atoms in total. The smallest absolute Gasteiger partial charge is 0.244 e. The Hall–Kier alpha value is -1.11. The molecule has 108 valence electrons. The van der Waals surface area contributed by atoms with E-state index in [1.54, 1.807) is 18.2 Å². The first-order valence-corrected chi connectivity index (χ1v) is 7.69. The van der Waals surface area contributed by atoms with E-state index >= 15 is 0 Å². The van der Waals surface area contributed by atoms with Crippen molar-refractivity contribution < 1.29 is 13.2 Å². The number of nitrogens with one attached hydrogen (secondary N) is 1. The van der Waals surface area contributed by atoms with Gasteiger partial charge in [-0.3, -0.25) is 0 Å². The van der Waals surface area contributed by atoms with Crippen molar-refractivity contribution in [2.24, 2.45) is 0 Å². The number of hydrogen-bond donors (Lipinski definition) is 1. The topological polar surface area (TPSA) is 58.6 Å². The van der Waals surface area contributed by atoms with Gasteiger partial charge in [-0.1, -0.05) is 12.1 Å². The lowest BCUT2D eigenvalue weighted by molar-refractivity contribution is 0.141. The van der Waals surface area contributed by atoms with Gasteiger partial charge < -0.3 is 10.1 Å². The standard InChI is InChI=1S/C13H22N2O3S/c1-5-18-10-11(2)14-12-8-6-7-9-13(12)19(16,17)15(3)4/h6-9,11,14H,5,10H2,1-4H3. The molecule has 1 unspecified atom stereocenters. The van der Waals surface area contributed by atoms with Crippen LogP contribution < -0.4 is 5.32 Å². The molecule has 0 aromatic heterocycles. The first-order chi connectivity index (χ1) is 8.89. The molecule has 1 rings (SSSR count). The SMILES string of the molecule is CCOCC(C)Nc1ccccc1S(=O)(=O)N(C)C. The van der Waals surface area contributed by atoms with Crippen molar-refractivity contribution in [3.8, 4) is 0 Å². The normalized spacial score (nSPS) is 13.5. The largest absolute Gasteiger partial charge is 0.380 e. The molecule has 0 heterocycles. The summed E-state index contributed by atoms with van der Waals surface area (Å²) >= 11 is 0. The third-order valence-corrected chi connectivity index (χ3v) is 4.49. The second kappa shape index (κ2) is 6.88. The lowest BCUT2D eigenvalue weighted by Gasteiger charge is -2.19. The van der Waals surface area contributed by atoms with Crippen LogP contribution in [0.4, 0.5) is 5.69 Å². The molecule has 1 aromatic rings. The number of ether oxygens (including phenoxy) is 1. The first kappa shape index (κ1) is 15.9. The van der Waals surface area contributed by atoms with Crippen molar-refractivity contribution in [2.75, 3.05) is 32.6 Å². The Morgan fingerprint density at radius 2 is 1.95 bits per heavy atom. The number of anilines is 1. The minimum atomic E-state index is -3.44. The Morgan fingerprint density at radius 3 is 2.53 bits per heavy atom. The second-order valence-electron chi connectivity index (χ2n) is 4.49. The summed E-state index contributed by atoms with van der Waals surface area (Å²) < 4.78 is 30.9. The molecule has 1 N–H and O–H groups in total. The summed E-state index contributed by atoms with van der Waals surface area (Å²) in [6.45, 7) is 5.06. The highest BCUT2D eigenvalue weighted by molar-refractivity contribution is 7.89. The average Bonchev–Trinajstić information content (AvgIpc) is 2.36. The molecule has 0 radical (unpaired) electrons. The number of para-hydroxylation sites is 1. The lowest BCUT2D eigenvalue weighted by atomic mass is 10.3. The Kier molecular flexibility index (Phi) is 5.78. The highest BCUT2D eigenvalue weighted by atomic mass is 32.2. The summed E-state index contributed by atoms with van der Waals surface area (Å²) in [7, 11) is -0.397. The molecule has 1 atom stereocenters. The molecule has 1 aromatic carbocycles. The predicted molar refractivity (Wildman–Crippen MR) is 76.9 cm³/mol. The molecule has 0 spiro atoms. The molecule has 0 aliphatic carbocycles. The van der Waals surface area contributed by atoms with Gasteiger partial charge in [0, 0.05) is 26.7 Å². The summed E-state index contributed by atoms with van der Waals surface area (Å²) in [5.41, 5.74) is 0.600. The molecule has 0 aliphatic heterocycles. The van der Waals surface area contributed by atoms with E-state index in [9.17, 15) is 8.42 Å². The van der Waals surface area contributed by atoms with E-state index in [-0.39, 0.29) is 10.9 Å². The molecule has 19 heavy (non-hydrogen) atoms. The number of rotatable bonds is 7. The van der Waals surface area contributed by atoms with Crippen LogP contribution in [0.25, 0.3) is 0 Å². The molecular formula is C13H22N2O3S. The van der Waals surface area contributed by atoms with Crippen LogP contribution in [0.2, 0.25) is 0 Å². The van der Waals surface area contributed by atoms with Gasteiger partial charge in [-0.05, 0) is 26.0 Å². The maximum Gasteiger partial charge on any atom is 0.244 e. The van der Waals surface area contributed by atoms with Gasteiger partial charge in [-0.2, -0.15) is 0 Å². The molecule has 0 saturated heterocycles. The van der Waals surface area contributed by atoms with Crippen molar-refractivity contribution in [3.05, 3.63) is 24.3 Å². The minimum absolute atomic E-state index is 0.0402. The third-order valence-electron chi connectivity index (χ3n) is 2.62. The summed E-state index contributed by atoms with van der Waals surface area (Å²) in [4.78, 5) is 0.281. The lowest BCUT2D eigenvalue weighted by Crippen LogP contribution is -2.26. The summed E-state index contributed by atoms with van der Waals surface area (Å²) in [5.74, 6) is 0. The van der Waals surface area contributed by atoms with E-state index in [0.717, 1.165) is 0 Å². The van der Waals surface area contributed by atoms with E-state index in [0.29, 0.717) is 18.9 Å². The zero-order chi connectivity index (χ0) is 14.5. The molecule has 0 aliphatic rings. The fourth-order valence-corrected chi connectivity index (χ4v) is 2.66. The van der Waals surface area contributed by atoms with E-state index in [1.807, 2.05) is 19.9 Å². The van der Waals surface area contributed by atoms with Gasteiger partial charge in [-0.15, -0.1) is 0 Å². The molecular weight excluding hydrogens is 264 g/mol. The van der Waals surface area contributed by atoms with Crippen LogP contribution >= 0.6 is 0 Å². The third kappa shape index (κ3) is 4.19. The monoisotopic (exact) mass is 286 g/mol. The predicted octanol–water partition coefficient (Wildman–Crippen LogP) is 1.77. The van der Waals surface area contributed by atoms with Crippen LogP contribution in [0.3, 0.4) is 0 Å². The summed E-state index contributed by atoms with van der Waals surface area (Å²) in [5, 5.41) is 3.18. The number of nitrogens with zero attached hydrogens (tertiary/aromatic N) is 1. The van der Waals surface area contributed by atoms with Crippen LogP contribution in [0, 0.1) is 0 Å². The van der Waals surface area contributed by atoms with Crippen LogP contribution in [-0.4, -0.2) is 46.1 Å². The van der Waals surface area contributed by atoms with Crippen molar-refractivity contribution in [1.29, 1.82) is 0 Å². The van der Waals surface area contributed by atoms with Crippen molar-refractivity contribution in [3.63, 3.8) is 0 Å². The van der Waals surface area contributed by atoms with Crippen molar-refractivity contribution >= 4 is 15.7 Å². The van der Waals surface area contributed by atoms with Gasteiger partial charge in [0.05, 0.1) is 12.3 Å². The maximum atomic E-state index is 12.2. The van der Waals surface area contributed by atoms with Crippen molar-refractivity contribution in [2.45, 2.75) is 24.8 Å². The van der Waals surface area contributed by atoms with Crippen LogP contribution in [-0.2, 0) is 14.8 Å². The van der Waals surface area contributed by atoms with E-state index in [4.69, 9.17) is 4.74 Å². The highest BCUT2D eigenvalue weighted by Gasteiger charge is 2.21. The fourth-order valence-electron chi connectivity index (χ4n) is 1.61.